The van der Waals surface area contributed by atoms with E-state index in [1.165, 1.54) is 0 Å². The van der Waals surface area contributed by atoms with Gasteiger partial charge in [-0.3, -0.25) is 4.99 Å². The number of hydrogen-bond acceptors (Lipinski definition) is 3. The number of aliphatic imine (C=N–C) groups is 1. The molecule has 0 radical (unpaired) electrons. The highest BCUT2D eigenvalue weighted by Gasteiger charge is 2.16. The van der Waals surface area contributed by atoms with Gasteiger partial charge in [-0.25, -0.2) is 0 Å². The molecule has 1 aromatic carbocycles. The van der Waals surface area contributed by atoms with Gasteiger partial charge in [-0.15, -0.1) is 0 Å². The Morgan fingerprint density at radius 2 is 1.96 bits per heavy atom. The molecule has 0 aliphatic heterocycles. The Bertz CT molecular complexity index is 753. The molecule has 0 saturated carbocycles. The van der Waals surface area contributed by atoms with E-state index in [9.17, 15) is 0 Å². The van der Waals surface area contributed by atoms with Crippen molar-refractivity contribution in [3.63, 3.8) is 0 Å². The molecular formula is C19H26Cl2N4O. The number of aryl methyl sites for hydroxylation is 2. The van der Waals surface area contributed by atoms with Crippen molar-refractivity contribution in [1.29, 1.82) is 0 Å². The molecule has 2 atom stereocenters. The summed E-state index contributed by atoms with van der Waals surface area (Å²) in [6.45, 7) is 11.5. The van der Waals surface area contributed by atoms with Crippen LogP contribution in [0.4, 0.5) is 0 Å². The van der Waals surface area contributed by atoms with Crippen LogP contribution in [0.3, 0.4) is 0 Å². The zero-order valence-corrected chi connectivity index (χ0v) is 17.4. The highest BCUT2D eigenvalue weighted by atomic mass is 35.5. The van der Waals surface area contributed by atoms with Crippen LogP contribution < -0.4 is 10.6 Å². The lowest BCUT2D eigenvalue weighted by Crippen LogP contribution is -2.39. The van der Waals surface area contributed by atoms with Gasteiger partial charge in [0.2, 0.25) is 0 Å². The van der Waals surface area contributed by atoms with E-state index >= 15 is 0 Å². The summed E-state index contributed by atoms with van der Waals surface area (Å²) in [7, 11) is 0. The molecular weight excluding hydrogens is 371 g/mol. The third-order valence-electron chi connectivity index (χ3n) is 4.25. The molecule has 0 spiro atoms. The number of aromatic nitrogens is 1. The van der Waals surface area contributed by atoms with Gasteiger partial charge < -0.3 is 15.2 Å². The quantitative estimate of drug-likeness (QED) is 0.531. The first-order valence-corrected chi connectivity index (χ1v) is 9.51. The van der Waals surface area contributed by atoms with Crippen LogP contribution in [0, 0.1) is 13.8 Å². The molecule has 2 aromatic rings. The fraction of sp³-hybridized carbons (Fsp3) is 0.474. The van der Waals surface area contributed by atoms with Crippen LogP contribution in [0.25, 0.3) is 0 Å². The number of nitrogens with zero attached hydrogens (tertiary/aromatic N) is 2. The molecule has 2 N–H and O–H groups in total. The van der Waals surface area contributed by atoms with Gasteiger partial charge in [-0.05, 0) is 45.4 Å². The van der Waals surface area contributed by atoms with Gasteiger partial charge in [0.05, 0.1) is 21.8 Å². The zero-order valence-electron chi connectivity index (χ0n) is 15.9. The van der Waals surface area contributed by atoms with Crippen molar-refractivity contribution < 1.29 is 4.52 Å². The third-order valence-corrected chi connectivity index (χ3v) is 4.98. The molecule has 1 heterocycles. The summed E-state index contributed by atoms with van der Waals surface area (Å²) in [6, 6.07) is 5.68. The Balaban J connectivity index is 2.09. The van der Waals surface area contributed by atoms with Crippen molar-refractivity contribution in [2.24, 2.45) is 4.99 Å². The van der Waals surface area contributed by atoms with Gasteiger partial charge in [-0.1, -0.05) is 41.3 Å². The van der Waals surface area contributed by atoms with Crippen molar-refractivity contribution in [3.05, 3.63) is 50.8 Å². The maximum Gasteiger partial charge on any atom is 0.191 e. The zero-order chi connectivity index (χ0) is 19.3. The SMILES string of the molecule is CCNC(=NCC(C)c1c(C)noc1C)NC(C)c1ccc(Cl)c(Cl)c1. The summed E-state index contributed by atoms with van der Waals surface area (Å²) in [4.78, 5) is 4.72. The second-order valence-electron chi connectivity index (χ2n) is 6.40. The van der Waals surface area contributed by atoms with Crippen LogP contribution in [0.2, 0.25) is 10.0 Å². The normalized spacial score (nSPS) is 14.2. The van der Waals surface area contributed by atoms with Gasteiger partial charge in [0, 0.05) is 24.6 Å². The summed E-state index contributed by atoms with van der Waals surface area (Å²) in [5.41, 5.74) is 3.10. The first kappa shape index (κ1) is 20.6. The molecule has 0 fully saturated rings. The van der Waals surface area contributed by atoms with Crippen LogP contribution in [0.15, 0.2) is 27.7 Å². The van der Waals surface area contributed by atoms with E-state index in [1.807, 2.05) is 32.9 Å². The van der Waals surface area contributed by atoms with Gasteiger partial charge in [0.15, 0.2) is 5.96 Å². The number of nitrogens with one attached hydrogen (secondary N) is 2. The molecule has 0 aliphatic rings. The molecule has 0 aliphatic carbocycles. The Labute approximate surface area is 165 Å². The van der Waals surface area contributed by atoms with E-state index in [4.69, 9.17) is 32.7 Å². The predicted molar refractivity (Wildman–Crippen MR) is 108 cm³/mol. The van der Waals surface area contributed by atoms with E-state index in [-0.39, 0.29) is 12.0 Å². The molecule has 0 amide bonds. The lowest BCUT2D eigenvalue weighted by molar-refractivity contribution is 0.391. The van der Waals surface area contributed by atoms with E-state index < -0.39 is 0 Å². The summed E-state index contributed by atoms with van der Waals surface area (Å²) >= 11 is 12.1. The maximum atomic E-state index is 6.12. The molecule has 7 heteroatoms. The molecule has 2 rings (SSSR count). The van der Waals surface area contributed by atoms with E-state index in [2.05, 4.69) is 29.6 Å². The Hall–Kier alpha value is -1.72. The second-order valence-corrected chi connectivity index (χ2v) is 7.21. The van der Waals surface area contributed by atoms with Crippen molar-refractivity contribution in [2.45, 2.75) is 46.6 Å². The summed E-state index contributed by atoms with van der Waals surface area (Å²) < 4.78 is 5.26. The minimum atomic E-state index is 0.0388. The molecule has 0 saturated heterocycles. The van der Waals surface area contributed by atoms with Crippen molar-refractivity contribution in [1.82, 2.24) is 15.8 Å². The second kappa shape index (κ2) is 9.28. The van der Waals surface area contributed by atoms with Crippen LogP contribution in [-0.4, -0.2) is 24.2 Å². The van der Waals surface area contributed by atoms with Crippen LogP contribution in [-0.2, 0) is 0 Å². The fourth-order valence-corrected chi connectivity index (χ4v) is 3.21. The lowest BCUT2D eigenvalue weighted by Gasteiger charge is -2.19. The molecule has 2 unspecified atom stereocenters. The minimum Gasteiger partial charge on any atom is -0.361 e. The van der Waals surface area contributed by atoms with Crippen LogP contribution >= 0.6 is 23.2 Å². The number of hydrogen-bond donors (Lipinski definition) is 2. The van der Waals surface area contributed by atoms with E-state index in [1.54, 1.807) is 6.07 Å². The fourth-order valence-electron chi connectivity index (χ4n) is 2.90. The van der Waals surface area contributed by atoms with Crippen molar-refractivity contribution in [2.75, 3.05) is 13.1 Å². The first-order valence-electron chi connectivity index (χ1n) is 8.76. The maximum absolute atomic E-state index is 6.12. The highest BCUT2D eigenvalue weighted by molar-refractivity contribution is 6.42. The standard InChI is InChI=1S/C19H26Cl2N4O/c1-6-22-19(23-10-11(2)18-13(4)25-26-14(18)5)24-12(3)15-7-8-16(20)17(21)9-15/h7-9,11-12H,6,10H2,1-5H3,(H2,22,23,24). The average Bonchev–Trinajstić information content (AvgIpc) is 2.93. The number of guanidine groups is 1. The summed E-state index contributed by atoms with van der Waals surface area (Å²) in [5, 5.41) is 11.8. The molecule has 1 aromatic heterocycles. The molecule has 5 nitrogen and oxygen atoms in total. The molecule has 26 heavy (non-hydrogen) atoms. The smallest absolute Gasteiger partial charge is 0.191 e. The minimum absolute atomic E-state index is 0.0388. The Morgan fingerprint density at radius 1 is 1.23 bits per heavy atom. The van der Waals surface area contributed by atoms with Gasteiger partial charge >= 0.3 is 0 Å². The number of benzene rings is 1. The number of halogens is 2. The monoisotopic (exact) mass is 396 g/mol. The average molecular weight is 397 g/mol. The van der Waals surface area contributed by atoms with E-state index in [0.29, 0.717) is 16.6 Å². The molecule has 142 valence electrons. The van der Waals surface area contributed by atoms with Crippen molar-refractivity contribution in [3.8, 4) is 0 Å². The largest absolute Gasteiger partial charge is 0.361 e. The highest BCUT2D eigenvalue weighted by Crippen LogP contribution is 2.26. The predicted octanol–water partition coefficient (Wildman–Crippen LogP) is 5.02. The van der Waals surface area contributed by atoms with Gasteiger partial charge in [-0.2, -0.15) is 0 Å². The van der Waals surface area contributed by atoms with Crippen LogP contribution in [0.1, 0.15) is 55.3 Å². The molecule has 0 bridgehead atoms. The number of rotatable bonds is 6. The lowest BCUT2D eigenvalue weighted by atomic mass is 10.00. The summed E-state index contributed by atoms with van der Waals surface area (Å²) in [5.74, 6) is 1.83. The third kappa shape index (κ3) is 5.15. The first-order chi connectivity index (χ1) is 12.3. The van der Waals surface area contributed by atoms with Crippen molar-refractivity contribution >= 4 is 29.2 Å². The Morgan fingerprint density at radius 3 is 2.54 bits per heavy atom. The summed E-state index contributed by atoms with van der Waals surface area (Å²) in [6.07, 6.45) is 0. The van der Waals surface area contributed by atoms with E-state index in [0.717, 1.165) is 35.1 Å². The topological polar surface area (TPSA) is 62.5 Å². The van der Waals surface area contributed by atoms with Gasteiger partial charge in [0.25, 0.3) is 0 Å². The van der Waals surface area contributed by atoms with Crippen LogP contribution in [0.5, 0.6) is 0 Å². The Kier molecular flexibility index (Phi) is 7.35. The van der Waals surface area contributed by atoms with Gasteiger partial charge in [0.1, 0.15) is 5.76 Å².